The monoisotopic (exact) mass is 338 g/mol. The van der Waals surface area contributed by atoms with Crippen LogP contribution in [0.25, 0.3) is 11.0 Å². The number of carbonyl (C=O) groups excluding carboxylic acids is 1. The quantitative estimate of drug-likeness (QED) is 0.550. The van der Waals surface area contributed by atoms with Crippen LogP contribution in [0.4, 0.5) is 0 Å². The van der Waals surface area contributed by atoms with Gasteiger partial charge in [0.15, 0.2) is 17.1 Å². The van der Waals surface area contributed by atoms with Crippen LogP contribution in [0.5, 0.6) is 11.5 Å². The molecule has 0 saturated carbocycles. The Balaban J connectivity index is 1.71. The van der Waals surface area contributed by atoms with Crippen molar-refractivity contribution >= 4 is 23.1 Å². The van der Waals surface area contributed by atoms with E-state index in [-0.39, 0.29) is 5.76 Å². The molecule has 1 N–H and O–H groups in total. The third kappa shape index (κ3) is 3.80. The van der Waals surface area contributed by atoms with Crippen molar-refractivity contribution in [3.63, 3.8) is 0 Å². The summed E-state index contributed by atoms with van der Waals surface area (Å²) in [6.45, 7) is 2.51. The van der Waals surface area contributed by atoms with Gasteiger partial charge in [-0.15, -0.1) is 0 Å². The summed E-state index contributed by atoms with van der Waals surface area (Å²) in [5, 5.41) is 4.75. The molecule has 0 unspecified atom stereocenters. The summed E-state index contributed by atoms with van der Waals surface area (Å²) in [7, 11) is 1.55. The smallest absolute Gasteiger partial charge is 0.307 e. The number of hydrogen-bond acceptors (Lipinski definition) is 5. The molecule has 0 aliphatic rings. The molecule has 0 saturated heterocycles. The van der Waals surface area contributed by atoms with E-state index in [1.165, 1.54) is 0 Å². The predicted molar refractivity (Wildman–Crippen MR) is 95.4 cm³/mol. The first-order valence-corrected chi connectivity index (χ1v) is 7.84. The minimum absolute atomic E-state index is 0.166. The molecule has 0 bridgehead atoms. The van der Waals surface area contributed by atoms with Gasteiger partial charge in [0, 0.05) is 5.39 Å². The molecular weight excluding hydrogens is 320 g/mol. The van der Waals surface area contributed by atoms with Gasteiger partial charge in [0.05, 0.1) is 19.9 Å². The second kappa shape index (κ2) is 7.53. The van der Waals surface area contributed by atoms with Crippen molar-refractivity contribution in [2.45, 2.75) is 6.92 Å². The van der Waals surface area contributed by atoms with E-state index in [1.807, 2.05) is 43.3 Å². The standard InChI is InChI=1S/C19H18N2O4/c1-3-24-15-8-4-6-13(10-15)12-20-21-19(22)17-11-14-7-5-9-16(23-2)18(14)25-17/h4-12H,3H2,1-2H3,(H,21,22)/b20-12-. The number of hydrogen-bond donors (Lipinski definition) is 1. The second-order valence-electron chi connectivity index (χ2n) is 5.19. The summed E-state index contributed by atoms with van der Waals surface area (Å²) in [6.07, 6.45) is 1.55. The van der Waals surface area contributed by atoms with E-state index >= 15 is 0 Å². The lowest BCUT2D eigenvalue weighted by Crippen LogP contribution is -2.16. The number of ether oxygens (including phenoxy) is 2. The highest BCUT2D eigenvalue weighted by Crippen LogP contribution is 2.28. The van der Waals surface area contributed by atoms with E-state index in [2.05, 4.69) is 10.5 Å². The minimum Gasteiger partial charge on any atom is -0.494 e. The van der Waals surface area contributed by atoms with E-state index in [0.717, 1.165) is 16.7 Å². The third-order valence-corrected chi connectivity index (χ3v) is 3.50. The Labute approximate surface area is 145 Å². The lowest BCUT2D eigenvalue weighted by molar-refractivity contribution is 0.0929. The number of nitrogens with zero attached hydrogens (tertiary/aromatic N) is 1. The Morgan fingerprint density at radius 3 is 2.88 bits per heavy atom. The Bertz CT molecular complexity index is 915. The molecule has 1 heterocycles. The van der Waals surface area contributed by atoms with Gasteiger partial charge in [-0.25, -0.2) is 5.43 Å². The molecule has 6 nitrogen and oxygen atoms in total. The van der Waals surface area contributed by atoms with Crippen LogP contribution >= 0.6 is 0 Å². The molecular formula is C19H18N2O4. The second-order valence-corrected chi connectivity index (χ2v) is 5.19. The van der Waals surface area contributed by atoms with Crippen LogP contribution in [-0.2, 0) is 0 Å². The Hall–Kier alpha value is -3.28. The van der Waals surface area contributed by atoms with E-state index < -0.39 is 5.91 Å². The first-order chi connectivity index (χ1) is 12.2. The van der Waals surface area contributed by atoms with Gasteiger partial charge in [-0.2, -0.15) is 5.10 Å². The average molecular weight is 338 g/mol. The number of amides is 1. The number of methoxy groups -OCH3 is 1. The van der Waals surface area contributed by atoms with Crippen molar-refractivity contribution < 1.29 is 18.7 Å². The zero-order valence-corrected chi connectivity index (χ0v) is 14.0. The van der Waals surface area contributed by atoms with Gasteiger partial charge in [0.2, 0.25) is 0 Å². The third-order valence-electron chi connectivity index (χ3n) is 3.50. The zero-order valence-electron chi connectivity index (χ0n) is 14.0. The molecule has 0 fully saturated rings. The highest BCUT2D eigenvalue weighted by atomic mass is 16.5. The van der Waals surface area contributed by atoms with Crippen molar-refractivity contribution in [3.8, 4) is 11.5 Å². The molecule has 0 radical (unpaired) electrons. The Kier molecular flexibility index (Phi) is 4.99. The van der Waals surface area contributed by atoms with Crippen LogP contribution in [-0.4, -0.2) is 25.8 Å². The largest absolute Gasteiger partial charge is 0.494 e. The average Bonchev–Trinajstić information content (AvgIpc) is 3.06. The molecule has 3 aromatic rings. The molecule has 25 heavy (non-hydrogen) atoms. The lowest BCUT2D eigenvalue weighted by atomic mass is 10.2. The molecule has 0 atom stereocenters. The SMILES string of the molecule is CCOc1cccc(/C=N\NC(=O)c2cc3cccc(OC)c3o2)c1. The first-order valence-electron chi connectivity index (χ1n) is 7.84. The van der Waals surface area contributed by atoms with Crippen LogP contribution < -0.4 is 14.9 Å². The zero-order chi connectivity index (χ0) is 17.6. The molecule has 2 aromatic carbocycles. The molecule has 1 amide bonds. The summed E-state index contributed by atoms with van der Waals surface area (Å²) in [5.41, 5.74) is 3.80. The van der Waals surface area contributed by atoms with Gasteiger partial charge in [0.25, 0.3) is 0 Å². The molecule has 0 aliphatic carbocycles. The van der Waals surface area contributed by atoms with E-state index in [0.29, 0.717) is 17.9 Å². The maximum absolute atomic E-state index is 12.2. The van der Waals surface area contributed by atoms with E-state index in [4.69, 9.17) is 13.9 Å². The van der Waals surface area contributed by atoms with Gasteiger partial charge in [-0.1, -0.05) is 24.3 Å². The maximum Gasteiger partial charge on any atom is 0.307 e. The summed E-state index contributed by atoms with van der Waals surface area (Å²) in [5.74, 6) is 1.06. The number of benzene rings is 2. The van der Waals surface area contributed by atoms with Gasteiger partial charge >= 0.3 is 5.91 Å². The van der Waals surface area contributed by atoms with Gasteiger partial charge in [-0.3, -0.25) is 4.79 Å². The Morgan fingerprint density at radius 1 is 1.24 bits per heavy atom. The number of hydrazone groups is 1. The molecule has 128 valence electrons. The van der Waals surface area contributed by atoms with E-state index in [9.17, 15) is 4.79 Å². The van der Waals surface area contributed by atoms with Crippen LogP contribution in [0.3, 0.4) is 0 Å². The number of para-hydroxylation sites is 1. The first kappa shape index (κ1) is 16.6. The predicted octanol–water partition coefficient (Wildman–Crippen LogP) is 3.60. The fourth-order valence-corrected chi connectivity index (χ4v) is 2.38. The van der Waals surface area contributed by atoms with Gasteiger partial charge in [-0.05, 0) is 36.8 Å². The topological polar surface area (TPSA) is 73.1 Å². The highest BCUT2D eigenvalue weighted by Gasteiger charge is 2.14. The molecule has 0 aliphatic heterocycles. The van der Waals surface area contributed by atoms with Crippen LogP contribution in [0, 0.1) is 0 Å². The number of rotatable bonds is 6. The molecule has 3 rings (SSSR count). The maximum atomic E-state index is 12.2. The van der Waals surface area contributed by atoms with Gasteiger partial charge < -0.3 is 13.9 Å². The van der Waals surface area contributed by atoms with Gasteiger partial charge in [0.1, 0.15) is 5.75 Å². The van der Waals surface area contributed by atoms with Crippen molar-refractivity contribution in [3.05, 3.63) is 59.9 Å². The Morgan fingerprint density at radius 2 is 2.08 bits per heavy atom. The van der Waals surface area contributed by atoms with Crippen LogP contribution in [0.1, 0.15) is 23.0 Å². The molecule has 0 spiro atoms. The number of nitrogens with one attached hydrogen (secondary N) is 1. The van der Waals surface area contributed by atoms with Crippen molar-refractivity contribution in [2.24, 2.45) is 5.10 Å². The fraction of sp³-hybridized carbons (Fsp3) is 0.158. The number of fused-ring (bicyclic) bond motifs is 1. The summed E-state index contributed by atoms with van der Waals surface area (Å²) < 4.78 is 16.2. The fourth-order valence-electron chi connectivity index (χ4n) is 2.38. The van der Waals surface area contributed by atoms with Crippen molar-refractivity contribution in [1.82, 2.24) is 5.43 Å². The van der Waals surface area contributed by atoms with Crippen LogP contribution in [0.2, 0.25) is 0 Å². The van der Waals surface area contributed by atoms with Crippen LogP contribution in [0.15, 0.2) is 58.0 Å². The lowest BCUT2D eigenvalue weighted by Gasteiger charge is -2.02. The van der Waals surface area contributed by atoms with Crippen molar-refractivity contribution in [1.29, 1.82) is 0 Å². The van der Waals surface area contributed by atoms with Crippen molar-refractivity contribution in [2.75, 3.05) is 13.7 Å². The molecule has 1 aromatic heterocycles. The summed E-state index contributed by atoms with van der Waals surface area (Å²) in [4.78, 5) is 12.2. The minimum atomic E-state index is -0.435. The molecule has 6 heteroatoms. The van der Waals surface area contributed by atoms with E-state index in [1.54, 1.807) is 25.5 Å². The summed E-state index contributed by atoms with van der Waals surface area (Å²) >= 11 is 0. The number of carbonyl (C=O) groups is 1. The summed E-state index contributed by atoms with van der Waals surface area (Å²) in [6, 6.07) is 14.5. The highest BCUT2D eigenvalue weighted by molar-refractivity contribution is 5.97. The number of furan rings is 1. The normalized spacial score (nSPS) is 11.0.